The Hall–Kier alpha value is -2.15. The highest BCUT2D eigenvalue weighted by molar-refractivity contribution is 5.91. The monoisotopic (exact) mass is 232 g/mol. The third-order valence-corrected chi connectivity index (χ3v) is 2.10. The van der Waals surface area contributed by atoms with Crippen LogP contribution in [0.15, 0.2) is 30.3 Å². The van der Waals surface area contributed by atoms with E-state index in [1.165, 1.54) is 18.2 Å². The summed E-state index contributed by atoms with van der Waals surface area (Å²) in [5.74, 6) is -0.788. The molecule has 1 rings (SSSR count). The lowest BCUT2D eigenvalue weighted by Crippen LogP contribution is -2.25. The zero-order valence-corrected chi connectivity index (χ0v) is 9.48. The van der Waals surface area contributed by atoms with Crippen molar-refractivity contribution in [1.82, 2.24) is 5.32 Å². The van der Waals surface area contributed by atoms with Gasteiger partial charge in [0.2, 0.25) is 5.91 Å². The number of nitrogens with zero attached hydrogens (tertiary/aromatic N) is 1. The van der Waals surface area contributed by atoms with E-state index in [1.54, 1.807) is 25.1 Å². The Morgan fingerprint density at radius 2 is 2.18 bits per heavy atom. The van der Waals surface area contributed by atoms with Crippen molar-refractivity contribution in [2.45, 2.75) is 6.92 Å². The van der Waals surface area contributed by atoms with Gasteiger partial charge in [-0.1, -0.05) is 12.1 Å². The number of rotatable bonds is 4. The molecule has 3 nitrogen and oxygen atoms in total. The maximum atomic E-state index is 12.6. The van der Waals surface area contributed by atoms with Gasteiger partial charge in [-0.05, 0) is 30.7 Å². The van der Waals surface area contributed by atoms with Crippen LogP contribution >= 0.6 is 0 Å². The Kier molecular flexibility index (Phi) is 4.89. The molecule has 0 radical (unpaired) electrons. The summed E-state index contributed by atoms with van der Waals surface area (Å²) in [5.41, 5.74) is 0.745. The molecule has 17 heavy (non-hydrogen) atoms. The van der Waals surface area contributed by atoms with E-state index in [4.69, 9.17) is 5.26 Å². The quantitative estimate of drug-likeness (QED) is 0.808. The van der Waals surface area contributed by atoms with Crippen LogP contribution in [0.5, 0.6) is 0 Å². The molecule has 1 atom stereocenters. The maximum absolute atomic E-state index is 12.6. The molecule has 0 aliphatic rings. The molecule has 0 aliphatic heterocycles. The summed E-state index contributed by atoms with van der Waals surface area (Å²) in [7, 11) is 0. The molecular weight excluding hydrogens is 219 g/mol. The summed E-state index contributed by atoms with van der Waals surface area (Å²) in [5, 5.41) is 11.1. The van der Waals surface area contributed by atoms with Gasteiger partial charge in [0.1, 0.15) is 5.82 Å². The van der Waals surface area contributed by atoms with Crippen molar-refractivity contribution in [1.29, 1.82) is 5.26 Å². The van der Waals surface area contributed by atoms with Crippen LogP contribution in [-0.4, -0.2) is 12.5 Å². The molecule has 0 aliphatic carbocycles. The number of benzene rings is 1. The first-order valence-corrected chi connectivity index (χ1v) is 5.23. The van der Waals surface area contributed by atoms with Gasteiger partial charge in [0, 0.05) is 12.6 Å². The SMILES string of the molecule is C[C@@H](C#N)CNC(=O)/C=C/c1ccc(F)cc1. The fraction of sp³-hybridized carbons (Fsp3) is 0.231. The normalized spacial score (nSPS) is 12.1. The summed E-state index contributed by atoms with van der Waals surface area (Å²) in [6, 6.07) is 7.84. The van der Waals surface area contributed by atoms with Gasteiger partial charge in [-0.15, -0.1) is 0 Å². The molecule has 88 valence electrons. The number of carbonyl (C=O) groups excluding carboxylic acids is 1. The van der Waals surface area contributed by atoms with Crippen LogP contribution in [0.25, 0.3) is 6.08 Å². The Bertz CT molecular complexity index is 445. The summed E-state index contributed by atoms with van der Waals surface area (Å²) < 4.78 is 12.6. The van der Waals surface area contributed by atoms with Crippen LogP contribution in [0.3, 0.4) is 0 Å². The van der Waals surface area contributed by atoms with Crippen LogP contribution < -0.4 is 5.32 Å². The highest BCUT2D eigenvalue weighted by atomic mass is 19.1. The minimum absolute atomic E-state index is 0.210. The molecule has 1 amide bonds. The number of carbonyl (C=O) groups is 1. The van der Waals surface area contributed by atoms with Crippen molar-refractivity contribution in [2.24, 2.45) is 5.92 Å². The first-order chi connectivity index (χ1) is 8.11. The average Bonchev–Trinajstić information content (AvgIpc) is 2.35. The van der Waals surface area contributed by atoms with Crippen molar-refractivity contribution >= 4 is 12.0 Å². The lowest BCUT2D eigenvalue weighted by Gasteiger charge is -2.02. The van der Waals surface area contributed by atoms with Gasteiger partial charge in [0.15, 0.2) is 0 Å². The summed E-state index contributed by atoms with van der Waals surface area (Å²) in [6.07, 6.45) is 2.95. The lowest BCUT2D eigenvalue weighted by atomic mass is 10.2. The minimum atomic E-state index is -0.311. The van der Waals surface area contributed by atoms with Crippen molar-refractivity contribution in [2.75, 3.05) is 6.54 Å². The highest BCUT2D eigenvalue weighted by Crippen LogP contribution is 2.04. The number of nitrogens with one attached hydrogen (secondary N) is 1. The van der Waals surface area contributed by atoms with E-state index in [2.05, 4.69) is 5.32 Å². The summed E-state index contributed by atoms with van der Waals surface area (Å²) >= 11 is 0. The van der Waals surface area contributed by atoms with Crippen LogP contribution in [0.2, 0.25) is 0 Å². The fourth-order valence-corrected chi connectivity index (χ4v) is 1.10. The van der Waals surface area contributed by atoms with Crippen LogP contribution in [0, 0.1) is 23.1 Å². The molecule has 0 spiro atoms. The van der Waals surface area contributed by atoms with E-state index in [1.807, 2.05) is 6.07 Å². The molecule has 1 aromatic carbocycles. The Balaban J connectivity index is 2.46. The second-order valence-corrected chi connectivity index (χ2v) is 3.66. The van der Waals surface area contributed by atoms with Crippen molar-refractivity contribution in [3.8, 4) is 6.07 Å². The zero-order valence-electron chi connectivity index (χ0n) is 9.48. The zero-order chi connectivity index (χ0) is 12.7. The number of hydrogen-bond donors (Lipinski definition) is 1. The molecule has 1 aromatic rings. The van der Waals surface area contributed by atoms with Crippen LogP contribution in [-0.2, 0) is 4.79 Å². The van der Waals surface area contributed by atoms with Gasteiger partial charge in [0.25, 0.3) is 0 Å². The topological polar surface area (TPSA) is 52.9 Å². The maximum Gasteiger partial charge on any atom is 0.244 e. The molecule has 0 fully saturated rings. The van der Waals surface area contributed by atoms with Gasteiger partial charge in [-0.25, -0.2) is 4.39 Å². The van der Waals surface area contributed by atoms with Gasteiger partial charge in [0.05, 0.1) is 12.0 Å². The molecule has 0 bridgehead atoms. The number of amides is 1. The highest BCUT2D eigenvalue weighted by Gasteiger charge is 2.00. The van der Waals surface area contributed by atoms with E-state index >= 15 is 0 Å². The first-order valence-electron chi connectivity index (χ1n) is 5.23. The molecular formula is C13H13FN2O. The van der Waals surface area contributed by atoms with E-state index in [0.717, 1.165) is 5.56 Å². The Labute approximate surface area is 99.6 Å². The number of hydrogen-bond acceptors (Lipinski definition) is 2. The van der Waals surface area contributed by atoms with Gasteiger partial charge >= 0.3 is 0 Å². The van der Waals surface area contributed by atoms with E-state index in [9.17, 15) is 9.18 Å². The minimum Gasteiger partial charge on any atom is -0.351 e. The second kappa shape index (κ2) is 6.44. The van der Waals surface area contributed by atoms with Gasteiger partial charge in [-0.3, -0.25) is 4.79 Å². The third kappa shape index (κ3) is 4.94. The fourth-order valence-electron chi connectivity index (χ4n) is 1.10. The molecule has 0 saturated heterocycles. The smallest absolute Gasteiger partial charge is 0.244 e. The summed E-state index contributed by atoms with van der Waals surface area (Å²) in [4.78, 5) is 11.3. The Morgan fingerprint density at radius 1 is 1.53 bits per heavy atom. The summed E-state index contributed by atoms with van der Waals surface area (Å²) in [6.45, 7) is 2.05. The number of nitriles is 1. The lowest BCUT2D eigenvalue weighted by molar-refractivity contribution is -0.116. The molecule has 0 saturated carbocycles. The molecule has 1 N–H and O–H groups in total. The van der Waals surface area contributed by atoms with Gasteiger partial charge in [-0.2, -0.15) is 5.26 Å². The van der Waals surface area contributed by atoms with E-state index in [-0.39, 0.29) is 17.6 Å². The molecule has 0 unspecified atom stereocenters. The van der Waals surface area contributed by atoms with Crippen molar-refractivity contribution in [3.63, 3.8) is 0 Å². The van der Waals surface area contributed by atoms with E-state index < -0.39 is 0 Å². The molecule has 4 heteroatoms. The van der Waals surface area contributed by atoms with E-state index in [0.29, 0.717) is 6.54 Å². The molecule has 0 heterocycles. The predicted molar refractivity (Wildman–Crippen MR) is 63.2 cm³/mol. The predicted octanol–water partition coefficient (Wildman–Crippen LogP) is 2.11. The number of halogens is 1. The Morgan fingerprint density at radius 3 is 2.76 bits per heavy atom. The average molecular weight is 232 g/mol. The van der Waals surface area contributed by atoms with Gasteiger partial charge < -0.3 is 5.32 Å². The van der Waals surface area contributed by atoms with Crippen LogP contribution in [0.4, 0.5) is 4.39 Å². The van der Waals surface area contributed by atoms with Crippen molar-refractivity contribution in [3.05, 3.63) is 41.7 Å². The third-order valence-electron chi connectivity index (χ3n) is 2.10. The largest absolute Gasteiger partial charge is 0.351 e. The van der Waals surface area contributed by atoms with Crippen LogP contribution in [0.1, 0.15) is 12.5 Å². The first kappa shape index (κ1) is 12.9. The standard InChI is InChI=1S/C13H13FN2O/c1-10(8-15)9-16-13(17)7-4-11-2-5-12(14)6-3-11/h2-7,10H,9H2,1H3,(H,16,17)/b7-4+/t10-/m0/s1. The second-order valence-electron chi connectivity index (χ2n) is 3.66. The van der Waals surface area contributed by atoms with Crippen molar-refractivity contribution < 1.29 is 9.18 Å². The molecule has 0 aromatic heterocycles.